The van der Waals surface area contributed by atoms with E-state index in [9.17, 15) is 0 Å². The van der Waals surface area contributed by atoms with Crippen molar-refractivity contribution in [3.05, 3.63) is 125 Å². The van der Waals surface area contributed by atoms with E-state index in [0.717, 1.165) is 0 Å². The lowest BCUT2D eigenvalue weighted by Gasteiger charge is -2.27. The third kappa shape index (κ3) is 4.18. The molecule has 0 aromatic heterocycles. The average Bonchev–Trinajstić information content (AvgIpc) is 2.78. The van der Waals surface area contributed by atoms with Gasteiger partial charge in [-0.1, -0.05) is 120 Å². The van der Waals surface area contributed by atoms with E-state index in [4.69, 9.17) is 4.74 Å². The molecule has 0 unspecified atom stereocenters. The molecular formula is C28H28NP. The first kappa shape index (κ1) is 20.4. The summed E-state index contributed by atoms with van der Waals surface area (Å²) in [6.45, 7) is 7.12. The zero-order valence-corrected chi connectivity index (χ0v) is 18.8. The molecule has 2 heteroatoms. The van der Waals surface area contributed by atoms with Gasteiger partial charge in [-0.05, 0) is 26.3 Å². The summed E-state index contributed by atoms with van der Waals surface area (Å²) in [7, 11) is -2.15. The Kier molecular flexibility index (Phi) is 6.02. The van der Waals surface area contributed by atoms with Crippen molar-refractivity contribution in [2.45, 2.75) is 27.3 Å². The summed E-state index contributed by atoms with van der Waals surface area (Å²) >= 11 is 0. The van der Waals surface area contributed by atoms with Crippen LogP contribution < -0.4 is 15.9 Å². The molecule has 0 aliphatic heterocycles. The van der Waals surface area contributed by atoms with Crippen LogP contribution in [0, 0.1) is 20.8 Å². The van der Waals surface area contributed by atoms with Gasteiger partial charge in [-0.15, -0.1) is 0 Å². The molecule has 4 aromatic carbocycles. The number of aryl methyl sites for hydroxylation is 3. The predicted octanol–water partition coefficient (Wildman–Crippen LogP) is 6.29. The maximum absolute atomic E-state index is 5.54. The lowest BCUT2D eigenvalue weighted by molar-refractivity contribution is 1.09. The second-order valence-electron chi connectivity index (χ2n) is 7.93. The van der Waals surface area contributed by atoms with Crippen molar-refractivity contribution < 1.29 is 0 Å². The molecule has 0 fully saturated rings. The van der Waals surface area contributed by atoms with Gasteiger partial charge < -0.3 is 0 Å². The van der Waals surface area contributed by atoms with Crippen LogP contribution in [0.1, 0.15) is 22.3 Å². The molecule has 0 saturated heterocycles. The molecule has 0 N–H and O–H groups in total. The molecular weight excluding hydrogens is 381 g/mol. The van der Waals surface area contributed by atoms with Gasteiger partial charge in [0.25, 0.3) is 0 Å². The number of hydrogen-bond acceptors (Lipinski definition) is 1. The first-order chi connectivity index (χ1) is 14.6. The largest absolute Gasteiger partial charge is 0.285 e. The zero-order valence-electron chi connectivity index (χ0n) is 17.9. The van der Waals surface area contributed by atoms with Crippen molar-refractivity contribution in [1.82, 2.24) is 0 Å². The Morgan fingerprint density at radius 2 is 0.867 bits per heavy atom. The number of hydrogen-bond donors (Lipinski definition) is 0. The van der Waals surface area contributed by atoms with E-state index in [2.05, 4.69) is 124 Å². The summed E-state index contributed by atoms with van der Waals surface area (Å²) in [5.74, 6) is 0. The topological polar surface area (TPSA) is 12.4 Å². The molecule has 0 heterocycles. The molecule has 0 spiro atoms. The molecule has 0 bridgehead atoms. The zero-order chi connectivity index (χ0) is 21.0. The van der Waals surface area contributed by atoms with Gasteiger partial charge in [-0.2, -0.15) is 0 Å². The van der Waals surface area contributed by atoms with Crippen LogP contribution in [0.5, 0.6) is 0 Å². The highest BCUT2D eigenvalue weighted by molar-refractivity contribution is 7.87. The average molecular weight is 410 g/mol. The Hall–Kier alpha value is -2.89. The fraction of sp³-hybridized carbons (Fsp3) is 0.143. The van der Waals surface area contributed by atoms with Gasteiger partial charge in [-0.25, -0.2) is 0 Å². The highest BCUT2D eigenvalue weighted by atomic mass is 31.2. The van der Waals surface area contributed by atoms with Crippen LogP contribution in [-0.2, 0) is 6.54 Å². The van der Waals surface area contributed by atoms with Gasteiger partial charge in [-0.3, -0.25) is 4.74 Å². The lowest BCUT2D eigenvalue weighted by Crippen LogP contribution is -2.25. The van der Waals surface area contributed by atoms with E-state index in [1.807, 2.05) is 0 Å². The standard InChI is InChI=1S/C28H28NP/c1-22-9-15-26(16-10-22)30(27-17-11-23(2)12-18-27,28-19-13-24(3)14-20-28)29-21-25-7-5-4-6-8-25/h4-20H,21H2,1-3H3. The maximum atomic E-state index is 5.54. The van der Waals surface area contributed by atoms with Gasteiger partial charge >= 0.3 is 0 Å². The van der Waals surface area contributed by atoms with Crippen LogP contribution in [0.25, 0.3) is 0 Å². The molecule has 0 aliphatic carbocycles. The molecule has 1 nitrogen and oxygen atoms in total. The van der Waals surface area contributed by atoms with E-state index in [0.29, 0.717) is 6.54 Å². The fourth-order valence-corrected chi connectivity index (χ4v) is 7.25. The van der Waals surface area contributed by atoms with E-state index >= 15 is 0 Å². The minimum absolute atomic E-state index is 0.699. The summed E-state index contributed by atoms with van der Waals surface area (Å²) in [5.41, 5.74) is 5.06. The molecule has 4 rings (SSSR count). The summed E-state index contributed by atoms with van der Waals surface area (Å²) in [4.78, 5) is 0. The summed E-state index contributed by atoms with van der Waals surface area (Å²) in [6.07, 6.45) is 0. The lowest BCUT2D eigenvalue weighted by atomic mass is 10.2. The number of benzene rings is 4. The third-order valence-corrected chi connectivity index (χ3v) is 9.23. The Bertz CT molecular complexity index is 1040. The monoisotopic (exact) mass is 409 g/mol. The second-order valence-corrected chi connectivity index (χ2v) is 11.0. The first-order valence-electron chi connectivity index (χ1n) is 10.4. The minimum Gasteiger partial charge on any atom is -0.285 e. The van der Waals surface area contributed by atoms with Gasteiger partial charge in [0.2, 0.25) is 0 Å². The van der Waals surface area contributed by atoms with Crippen molar-refractivity contribution >= 4 is 23.0 Å². The number of nitrogens with zero attached hydrogens (tertiary/aromatic N) is 1. The summed E-state index contributed by atoms with van der Waals surface area (Å²) in [6, 6.07) is 37.5. The molecule has 150 valence electrons. The summed E-state index contributed by atoms with van der Waals surface area (Å²) < 4.78 is 5.54. The van der Waals surface area contributed by atoms with E-state index < -0.39 is 7.05 Å². The van der Waals surface area contributed by atoms with E-state index in [1.165, 1.54) is 38.2 Å². The van der Waals surface area contributed by atoms with Crippen LogP contribution in [-0.4, -0.2) is 0 Å². The Balaban J connectivity index is 2.02. The highest BCUT2D eigenvalue weighted by Gasteiger charge is 2.27. The van der Waals surface area contributed by atoms with Crippen molar-refractivity contribution in [1.29, 1.82) is 0 Å². The second kappa shape index (κ2) is 8.86. The normalized spacial score (nSPS) is 11.3. The van der Waals surface area contributed by atoms with Crippen molar-refractivity contribution in [2.75, 3.05) is 0 Å². The molecule has 4 aromatic rings. The van der Waals surface area contributed by atoms with Gasteiger partial charge in [0.1, 0.15) is 0 Å². The van der Waals surface area contributed by atoms with Crippen molar-refractivity contribution in [2.24, 2.45) is 4.74 Å². The van der Waals surface area contributed by atoms with Gasteiger partial charge in [0, 0.05) is 15.9 Å². The molecule has 0 radical (unpaired) electrons. The highest BCUT2D eigenvalue weighted by Crippen LogP contribution is 2.47. The van der Waals surface area contributed by atoms with Crippen LogP contribution >= 0.6 is 7.05 Å². The van der Waals surface area contributed by atoms with Gasteiger partial charge in [0.15, 0.2) is 0 Å². The van der Waals surface area contributed by atoms with Crippen molar-refractivity contribution in [3.63, 3.8) is 0 Å². The Labute approximate surface area is 180 Å². The Morgan fingerprint density at radius 3 is 1.23 bits per heavy atom. The fourth-order valence-electron chi connectivity index (χ4n) is 3.74. The quantitative estimate of drug-likeness (QED) is 0.344. The first-order valence-corrected chi connectivity index (χ1v) is 12.2. The molecule has 0 saturated carbocycles. The molecule has 0 atom stereocenters. The van der Waals surface area contributed by atoms with Crippen LogP contribution in [0.3, 0.4) is 0 Å². The predicted molar refractivity (Wildman–Crippen MR) is 132 cm³/mol. The SMILES string of the molecule is Cc1ccc(P(=NCc2ccccc2)(c2ccc(C)cc2)c2ccc(C)cc2)cc1. The van der Waals surface area contributed by atoms with Crippen LogP contribution in [0.15, 0.2) is 108 Å². The van der Waals surface area contributed by atoms with Crippen LogP contribution in [0.2, 0.25) is 0 Å². The molecule has 0 aliphatic rings. The third-order valence-electron chi connectivity index (χ3n) is 5.53. The number of rotatable bonds is 5. The Morgan fingerprint density at radius 1 is 0.500 bits per heavy atom. The maximum Gasteiger partial charge on any atom is 0.0636 e. The van der Waals surface area contributed by atoms with E-state index in [1.54, 1.807) is 0 Å². The van der Waals surface area contributed by atoms with Crippen LogP contribution in [0.4, 0.5) is 0 Å². The van der Waals surface area contributed by atoms with Gasteiger partial charge in [0.05, 0.1) is 13.6 Å². The van der Waals surface area contributed by atoms with Crippen molar-refractivity contribution in [3.8, 4) is 0 Å². The van der Waals surface area contributed by atoms with E-state index in [-0.39, 0.29) is 0 Å². The smallest absolute Gasteiger partial charge is 0.0636 e. The molecule has 30 heavy (non-hydrogen) atoms. The molecule has 0 amide bonds. The minimum atomic E-state index is -2.15. The summed E-state index contributed by atoms with van der Waals surface area (Å²) in [5, 5.41) is 3.91.